The summed E-state index contributed by atoms with van der Waals surface area (Å²) < 4.78 is 88.4. The standard InChI is InChI=1S/C30H27ClF3N3O.C30H28F3N3O2.C25H28ClN3O2/c31-18-26(20-8-2-1-3-9-20)35-30(38)28-24-12-5-4-10-21(15-19-7-6-11-22(32)16-19)29(24)37(36-28)27-14-13-23(33)17-25(27)34;31-22-11-6-7-19(16-22)15-21-10-4-5-12-24-28(30(38)34-26(18-37)20-8-2-1-3-9-20)35-36(29(21)24)27-14-13-23(32)17-25(27)33;26-20-11-6-9-18(14-20)13-19-10-4-5-12-22-23(19)28-29-24(22)25(31)27-21(16-30)15-17-7-2-1-3-8-17/h1-3,6-9,11,13-14,16-17,21,26H,4-5,10,12,15,18H2,(H,35,38);1-3,6-9,11,13-14,16-17,21,26,37H,4-5,10,12,15,18H2,(H,34,38);1-3,6-9,11,14,19,21,30H,4-5,10,12-13,15-16H2,(H,27,31)(H,28,29)/t2*21?,26-;19?,21-/m111/s1. The van der Waals surface area contributed by atoms with E-state index in [9.17, 15) is 42.2 Å². The number of hydrogen-bond acceptors (Lipinski definition) is 8. The molecule has 554 valence electrons. The minimum Gasteiger partial charge on any atom is -0.394 e. The molecule has 6 N–H and O–H groups in total. The fraction of sp³-hybridized carbons (Fsp3) is 0.294. The zero-order valence-corrected chi connectivity index (χ0v) is 60.3. The molecule has 0 bridgehead atoms. The van der Waals surface area contributed by atoms with Crippen molar-refractivity contribution < 1.29 is 50.9 Å². The smallest absolute Gasteiger partial charge is 0.272 e. The van der Waals surface area contributed by atoms with Crippen LogP contribution in [0.5, 0.6) is 0 Å². The lowest BCUT2D eigenvalue weighted by atomic mass is 9.90. The number of carbonyl (C=O) groups is 3. The molecule has 107 heavy (non-hydrogen) atoms. The van der Waals surface area contributed by atoms with Crippen LogP contribution in [0, 0.1) is 34.9 Å². The van der Waals surface area contributed by atoms with Gasteiger partial charge >= 0.3 is 0 Å². The Hall–Kier alpha value is -10.1. The van der Waals surface area contributed by atoms with Gasteiger partial charge in [-0.25, -0.2) is 35.7 Å². The maximum atomic E-state index is 15.0. The topological polar surface area (TPSA) is 192 Å². The molecule has 6 atom stereocenters. The highest BCUT2D eigenvalue weighted by Crippen LogP contribution is 2.40. The van der Waals surface area contributed by atoms with Crippen LogP contribution in [0.2, 0.25) is 5.02 Å². The van der Waals surface area contributed by atoms with Gasteiger partial charge in [-0.2, -0.15) is 15.3 Å². The van der Waals surface area contributed by atoms with Crippen molar-refractivity contribution in [1.29, 1.82) is 0 Å². The molecule has 22 heteroatoms. The number of alkyl halides is 1. The third-order valence-electron chi connectivity index (χ3n) is 20.1. The highest BCUT2D eigenvalue weighted by atomic mass is 35.5. The first kappa shape index (κ1) is 76.5. The number of aromatic amines is 1. The number of nitrogens with one attached hydrogen (secondary N) is 4. The summed E-state index contributed by atoms with van der Waals surface area (Å²) in [5, 5.41) is 46.1. The van der Waals surface area contributed by atoms with Gasteiger partial charge in [0.05, 0.1) is 42.7 Å². The van der Waals surface area contributed by atoms with Crippen molar-refractivity contribution >= 4 is 40.9 Å². The molecule has 14 rings (SSSR count). The van der Waals surface area contributed by atoms with Gasteiger partial charge in [-0.15, -0.1) is 11.6 Å². The first-order chi connectivity index (χ1) is 52.0. The first-order valence-corrected chi connectivity index (χ1v) is 37.2. The summed E-state index contributed by atoms with van der Waals surface area (Å²) in [5.74, 6) is -4.67. The molecule has 3 aliphatic rings. The summed E-state index contributed by atoms with van der Waals surface area (Å²) in [5.41, 5.74) is 11.2. The van der Waals surface area contributed by atoms with Gasteiger partial charge in [0.25, 0.3) is 17.7 Å². The molecule has 3 aliphatic carbocycles. The number of aromatic nitrogens is 6. The Bertz CT molecular complexity index is 4630. The quantitative estimate of drug-likeness (QED) is 0.0232. The fourth-order valence-electron chi connectivity index (χ4n) is 15.0. The van der Waals surface area contributed by atoms with Crippen LogP contribution in [0.3, 0.4) is 0 Å². The molecule has 0 spiro atoms. The molecule has 3 unspecified atom stereocenters. The van der Waals surface area contributed by atoms with Crippen molar-refractivity contribution in [3.8, 4) is 11.4 Å². The van der Waals surface area contributed by atoms with Crippen molar-refractivity contribution in [2.45, 2.75) is 139 Å². The number of halogens is 8. The van der Waals surface area contributed by atoms with Crippen LogP contribution >= 0.6 is 23.2 Å². The molecule has 11 aromatic rings. The summed E-state index contributed by atoms with van der Waals surface area (Å²) in [6.45, 7) is -0.432. The zero-order valence-electron chi connectivity index (χ0n) is 58.8. The van der Waals surface area contributed by atoms with Crippen LogP contribution in [0.1, 0.15) is 186 Å². The van der Waals surface area contributed by atoms with Gasteiger partial charge in [0.15, 0.2) is 28.7 Å². The summed E-state index contributed by atoms with van der Waals surface area (Å²) in [6.07, 6.45) is 12.4. The monoisotopic (exact) mass is 1490 g/mol. The molecule has 0 saturated heterocycles. The van der Waals surface area contributed by atoms with Gasteiger partial charge in [0.2, 0.25) is 0 Å². The van der Waals surface area contributed by atoms with E-state index in [1.807, 2.05) is 121 Å². The molecule has 0 fully saturated rings. The zero-order chi connectivity index (χ0) is 74.9. The second kappa shape index (κ2) is 36.5. The molecule has 0 aliphatic heterocycles. The van der Waals surface area contributed by atoms with Gasteiger partial charge in [-0.1, -0.05) is 158 Å². The van der Waals surface area contributed by atoms with Crippen LogP contribution < -0.4 is 16.0 Å². The predicted molar refractivity (Wildman–Crippen MR) is 401 cm³/mol. The molecular formula is C85H83Cl2F6N9O5. The number of amides is 3. The minimum absolute atomic E-state index is 0.0367. The molecule has 0 saturated carbocycles. The highest BCUT2D eigenvalue weighted by molar-refractivity contribution is 6.30. The number of nitrogens with zero attached hydrogens (tertiary/aromatic N) is 5. The van der Waals surface area contributed by atoms with E-state index < -0.39 is 47.2 Å². The number of rotatable bonds is 21. The van der Waals surface area contributed by atoms with Gasteiger partial charge in [0, 0.05) is 63.2 Å². The van der Waals surface area contributed by atoms with Crippen molar-refractivity contribution in [3.05, 3.63) is 324 Å². The SMILES string of the molecule is O=C(N[C@@H](CO)Cc1ccccc1)c1n[nH]c2c1CCCCC2Cc1cccc(Cl)c1.O=C(N[C@H](CCl)c1ccccc1)c1nn(-c2ccc(F)cc2F)c2c1CCCCC2Cc1cccc(F)c1.O=C(N[C@H](CO)c1ccccc1)c1nn(-c2ccc(F)cc2F)c2c1CCCCC2Cc1cccc(F)c1. The number of carbonyl (C=O) groups excluding carboxylic acids is 3. The van der Waals surface area contributed by atoms with Crippen LogP contribution in [0.15, 0.2) is 200 Å². The largest absolute Gasteiger partial charge is 0.394 e. The Morgan fingerprint density at radius 2 is 0.888 bits per heavy atom. The average molecular weight is 1500 g/mol. The lowest BCUT2D eigenvalue weighted by Gasteiger charge is -2.19. The predicted octanol–water partition coefficient (Wildman–Crippen LogP) is 17.3. The normalized spacial score (nSPS) is 16.2. The van der Waals surface area contributed by atoms with E-state index in [0.717, 1.165) is 138 Å². The number of benzene rings is 8. The second-order valence-corrected chi connectivity index (χ2v) is 28.2. The Morgan fingerprint density at radius 3 is 1.36 bits per heavy atom. The van der Waals surface area contributed by atoms with E-state index in [1.165, 1.54) is 57.4 Å². The number of aliphatic hydroxyl groups excluding tert-OH is 2. The maximum absolute atomic E-state index is 15.0. The summed E-state index contributed by atoms with van der Waals surface area (Å²) in [4.78, 5) is 40.2. The number of hydrogen-bond donors (Lipinski definition) is 6. The minimum atomic E-state index is -0.798. The van der Waals surface area contributed by atoms with Crippen molar-refractivity contribution in [3.63, 3.8) is 0 Å². The summed E-state index contributed by atoms with van der Waals surface area (Å²) >= 11 is 12.4. The lowest BCUT2D eigenvalue weighted by Crippen LogP contribution is -2.39. The lowest BCUT2D eigenvalue weighted by molar-refractivity contribution is 0.0903. The van der Waals surface area contributed by atoms with E-state index >= 15 is 8.78 Å². The van der Waals surface area contributed by atoms with E-state index in [1.54, 1.807) is 12.1 Å². The Kier molecular flexibility index (Phi) is 26.1. The second-order valence-electron chi connectivity index (χ2n) is 27.5. The van der Waals surface area contributed by atoms with Gasteiger partial charge in [0.1, 0.15) is 34.6 Å². The Labute approximate surface area is 627 Å². The van der Waals surface area contributed by atoms with Crippen molar-refractivity contribution in [1.82, 2.24) is 45.7 Å². The van der Waals surface area contributed by atoms with E-state index in [0.29, 0.717) is 54.7 Å². The third kappa shape index (κ3) is 19.2. The molecule has 8 aromatic carbocycles. The fourth-order valence-corrected chi connectivity index (χ4v) is 15.4. The van der Waals surface area contributed by atoms with Crippen LogP contribution in [0.4, 0.5) is 26.3 Å². The Balaban J connectivity index is 0.000000151. The van der Waals surface area contributed by atoms with Crippen LogP contribution in [0.25, 0.3) is 11.4 Å². The third-order valence-corrected chi connectivity index (χ3v) is 20.6. The van der Waals surface area contributed by atoms with Gasteiger partial charge in [-0.05, 0) is 178 Å². The van der Waals surface area contributed by atoms with Crippen molar-refractivity contribution in [2.75, 3.05) is 19.1 Å². The summed E-state index contributed by atoms with van der Waals surface area (Å²) in [7, 11) is 0. The van der Waals surface area contributed by atoms with Gasteiger partial charge in [-0.3, -0.25) is 19.5 Å². The van der Waals surface area contributed by atoms with E-state index in [4.69, 9.17) is 23.2 Å². The van der Waals surface area contributed by atoms with E-state index in [-0.39, 0.29) is 83.2 Å². The van der Waals surface area contributed by atoms with Gasteiger partial charge < -0.3 is 26.2 Å². The molecular weight excluding hydrogens is 1410 g/mol. The number of aliphatic hydroxyl groups is 2. The maximum Gasteiger partial charge on any atom is 0.272 e. The Morgan fingerprint density at radius 1 is 0.458 bits per heavy atom. The molecule has 3 amide bonds. The highest BCUT2D eigenvalue weighted by Gasteiger charge is 2.35. The van der Waals surface area contributed by atoms with Crippen LogP contribution in [-0.2, 0) is 44.9 Å². The number of H-pyrrole nitrogens is 1. The average Bonchev–Trinajstić information content (AvgIpc) is 1.62. The van der Waals surface area contributed by atoms with Crippen LogP contribution in [-0.4, -0.2) is 82.8 Å². The van der Waals surface area contributed by atoms with Crippen molar-refractivity contribution in [2.24, 2.45) is 0 Å². The number of fused-ring (bicyclic) bond motifs is 3. The molecule has 3 aromatic heterocycles. The molecule has 14 nitrogen and oxygen atoms in total. The first-order valence-electron chi connectivity index (χ1n) is 36.3. The summed E-state index contributed by atoms with van der Waals surface area (Å²) in [6, 6.07) is 54.2. The molecule has 3 heterocycles. The molecule has 0 radical (unpaired) electrons. The van der Waals surface area contributed by atoms with E-state index in [2.05, 4.69) is 42.4 Å².